The highest BCUT2D eigenvalue weighted by atomic mass is 32.2. The largest absolute Gasteiger partial charge is 0.325 e. The Morgan fingerprint density at radius 2 is 1.84 bits per heavy atom. The molecular weight excluding hydrogens is 438 g/mol. The average Bonchev–Trinajstić information content (AvgIpc) is 3.35. The lowest BCUT2D eigenvalue weighted by Crippen LogP contribution is -2.29. The summed E-state index contributed by atoms with van der Waals surface area (Å²) >= 11 is 0. The Kier molecular flexibility index (Phi) is 6.80. The minimum absolute atomic E-state index is 0.0113. The van der Waals surface area contributed by atoms with E-state index in [1.807, 2.05) is 0 Å². The fourth-order valence-corrected chi connectivity index (χ4v) is 4.11. The van der Waals surface area contributed by atoms with Gasteiger partial charge in [-0.05, 0) is 30.0 Å². The van der Waals surface area contributed by atoms with Gasteiger partial charge in [-0.2, -0.15) is 12.7 Å². The number of aromatic amines is 1. The summed E-state index contributed by atoms with van der Waals surface area (Å²) in [5.41, 5.74) is 1.06. The number of aromatic nitrogens is 5. The number of imidazole rings is 1. The van der Waals surface area contributed by atoms with Crippen molar-refractivity contribution >= 4 is 10.2 Å². The van der Waals surface area contributed by atoms with E-state index < -0.39 is 21.8 Å². The predicted octanol–water partition coefficient (Wildman–Crippen LogP) is 3.36. The van der Waals surface area contributed by atoms with Crippen molar-refractivity contribution < 1.29 is 17.2 Å². The van der Waals surface area contributed by atoms with Crippen molar-refractivity contribution in [1.29, 1.82) is 0 Å². The molecule has 2 aromatic heterocycles. The summed E-state index contributed by atoms with van der Waals surface area (Å²) in [5.74, 6) is -0.736. The van der Waals surface area contributed by atoms with Crippen LogP contribution in [0.15, 0.2) is 24.4 Å². The van der Waals surface area contributed by atoms with Gasteiger partial charge >= 0.3 is 10.2 Å². The van der Waals surface area contributed by atoms with E-state index in [4.69, 9.17) is 0 Å². The molecule has 0 aliphatic rings. The Morgan fingerprint density at radius 3 is 2.47 bits per heavy atom. The molecule has 0 saturated heterocycles. The molecule has 0 saturated carbocycles. The van der Waals surface area contributed by atoms with Gasteiger partial charge in [-0.3, -0.25) is 0 Å². The van der Waals surface area contributed by atoms with Gasteiger partial charge in [-0.25, -0.2) is 17.7 Å². The fraction of sp³-hybridized carbons (Fsp3) is 0.476. The first kappa shape index (κ1) is 24.0. The Morgan fingerprint density at radius 1 is 1.12 bits per heavy atom. The molecule has 3 aromatic rings. The summed E-state index contributed by atoms with van der Waals surface area (Å²) in [4.78, 5) is 7.57. The maximum absolute atomic E-state index is 13.5. The zero-order valence-corrected chi connectivity index (χ0v) is 19.7. The molecule has 11 heteroatoms. The van der Waals surface area contributed by atoms with Gasteiger partial charge in [0.05, 0.1) is 5.69 Å². The van der Waals surface area contributed by atoms with Crippen LogP contribution >= 0.6 is 0 Å². The van der Waals surface area contributed by atoms with E-state index in [1.165, 1.54) is 24.1 Å². The molecule has 0 bridgehead atoms. The molecule has 3 rings (SSSR count). The summed E-state index contributed by atoms with van der Waals surface area (Å²) in [6.45, 7) is 6.31. The molecule has 174 valence electrons. The Labute approximate surface area is 186 Å². The lowest BCUT2D eigenvalue weighted by Gasteiger charge is -2.20. The number of halogens is 2. The number of nitrogens with zero attached hydrogens (tertiary/aromatic N) is 5. The SMILES string of the molecule is CCC(C)(C)Cc1cn(S(=O)(=O)N(C)C)c(CCc2nnc(-c3ccc(F)c(F)c3)[nH]2)n1. The number of benzene rings is 1. The molecule has 0 amide bonds. The maximum atomic E-state index is 13.5. The minimum Gasteiger partial charge on any atom is -0.325 e. The van der Waals surface area contributed by atoms with Crippen LogP contribution in [-0.2, 0) is 29.5 Å². The Hall–Kier alpha value is -2.66. The van der Waals surface area contributed by atoms with Crippen molar-refractivity contribution in [2.45, 2.75) is 46.5 Å². The lowest BCUT2D eigenvalue weighted by atomic mass is 9.85. The first-order valence-electron chi connectivity index (χ1n) is 10.3. The number of aryl methyl sites for hydroxylation is 2. The van der Waals surface area contributed by atoms with E-state index in [2.05, 4.69) is 40.9 Å². The number of H-pyrrole nitrogens is 1. The molecule has 0 aliphatic carbocycles. The molecule has 0 unspecified atom stereocenters. The molecule has 1 N–H and O–H groups in total. The van der Waals surface area contributed by atoms with Crippen LogP contribution in [0.5, 0.6) is 0 Å². The molecule has 0 atom stereocenters. The van der Waals surface area contributed by atoms with Crippen LogP contribution in [0.25, 0.3) is 11.4 Å². The van der Waals surface area contributed by atoms with Gasteiger partial charge in [0.1, 0.15) is 11.6 Å². The van der Waals surface area contributed by atoms with E-state index in [9.17, 15) is 17.2 Å². The Balaban J connectivity index is 1.84. The van der Waals surface area contributed by atoms with Crippen LogP contribution in [0.4, 0.5) is 8.78 Å². The molecule has 2 heterocycles. The van der Waals surface area contributed by atoms with Crippen molar-refractivity contribution in [3.05, 3.63) is 53.4 Å². The zero-order valence-electron chi connectivity index (χ0n) is 18.9. The molecule has 0 fully saturated rings. The van der Waals surface area contributed by atoms with Gasteiger partial charge in [0, 0.05) is 38.7 Å². The minimum atomic E-state index is -3.74. The third kappa shape index (κ3) is 5.21. The molecular formula is C21H28F2N6O2S. The van der Waals surface area contributed by atoms with E-state index >= 15 is 0 Å². The van der Waals surface area contributed by atoms with Gasteiger partial charge in [-0.1, -0.05) is 27.2 Å². The summed E-state index contributed by atoms with van der Waals surface area (Å²) in [7, 11) is -0.793. The Bertz CT molecular complexity index is 1200. The number of hydrogen-bond acceptors (Lipinski definition) is 5. The monoisotopic (exact) mass is 466 g/mol. The van der Waals surface area contributed by atoms with E-state index in [0.717, 1.165) is 22.9 Å². The fourth-order valence-electron chi connectivity index (χ4n) is 3.11. The normalized spacial score (nSPS) is 12.6. The topological polar surface area (TPSA) is 96.8 Å². The highest BCUT2D eigenvalue weighted by Crippen LogP contribution is 2.26. The molecule has 32 heavy (non-hydrogen) atoms. The standard InChI is InChI=1S/C21H28F2N6O2S/c1-6-21(2,3)12-15-13-29(32(30,31)28(4)5)19(24-15)10-9-18-25-20(27-26-18)14-7-8-16(22)17(23)11-14/h7-8,11,13H,6,9-10,12H2,1-5H3,(H,25,26,27). The van der Waals surface area contributed by atoms with Gasteiger partial charge in [0.25, 0.3) is 0 Å². The molecule has 0 spiro atoms. The quantitative estimate of drug-likeness (QED) is 0.522. The average molecular weight is 467 g/mol. The van der Waals surface area contributed by atoms with Gasteiger partial charge in [0.2, 0.25) is 0 Å². The third-order valence-corrected chi connectivity index (χ3v) is 7.17. The first-order valence-corrected chi connectivity index (χ1v) is 11.7. The van der Waals surface area contributed by atoms with Crippen molar-refractivity contribution in [3.8, 4) is 11.4 Å². The van der Waals surface area contributed by atoms with Crippen molar-refractivity contribution in [2.75, 3.05) is 14.1 Å². The van der Waals surface area contributed by atoms with E-state index in [0.29, 0.717) is 48.0 Å². The zero-order chi connectivity index (χ0) is 23.7. The van der Waals surface area contributed by atoms with Crippen molar-refractivity contribution in [2.24, 2.45) is 5.41 Å². The first-order chi connectivity index (χ1) is 14.9. The summed E-state index contributed by atoms with van der Waals surface area (Å²) in [5, 5.41) is 8.03. The summed E-state index contributed by atoms with van der Waals surface area (Å²) in [6, 6.07) is 3.47. The molecule has 0 radical (unpaired) electrons. The van der Waals surface area contributed by atoms with Crippen molar-refractivity contribution in [3.63, 3.8) is 0 Å². The van der Waals surface area contributed by atoms with Crippen LogP contribution in [-0.4, -0.2) is 51.0 Å². The van der Waals surface area contributed by atoms with Gasteiger partial charge in [-0.15, -0.1) is 10.2 Å². The number of nitrogens with one attached hydrogen (secondary N) is 1. The molecule has 8 nitrogen and oxygen atoms in total. The molecule has 1 aromatic carbocycles. The number of rotatable bonds is 9. The van der Waals surface area contributed by atoms with Crippen LogP contribution in [0.2, 0.25) is 0 Å². The predicted molar refractivity (Wildman–Crippen MR) is 117 cm³/mol. The van der Waals surface area contributed by atoms with Gasteiger partial charge in [0.15, 0.2) is 17.5 Å². The van der Waals surface area contributed by atoms with Crippen LogP contribution in [0, 0.1) is 17.0 Å². The van der Waals surface area contributed by atoms with Crippen LogP contribution in [0.1, 0.15) is 44.5 Å². The second kappa shape index (κ2) is 9.07. The smallest absolute Gasteiger partial charge is 0.308 e. The van der Waals surface area contributed by atoms with E-state index in [-0.39, 0.29) is 5.41 Å². The highest BCUT2D eigenvalue weighted by Gasteiger charge is 2.25. The van der Waals surface area contributed by atoms with Crippen LogP contribution in [0.3, 0.4) is 0 Å². The summed E-state index contributed by atoms with van der Waals surface area (Å²) < 4.78 is 54.6. The second-order valence-corrected chi connectivity index (χ2v) is 10.7. The van der Waals surface area contributed by atoms with Crippen molar-refractivity contribution in [1.82, 2.24) is 28.4 Å². The van der Waals surface area contributed by atoms with E-state index in [1.54, 1.807) is 6.20 Å². The van der Waals surface area contributed by atoms with Crippen LogP contribution < -0.4 is 0 Å². The number of hydrogen-bond donors (Lipinski definition) is 1. The second-order valence-electron chi connectivity index (χ2n) is 8.68. The van der Waals surface area contributed by atoms with Gasteiger partial charge < -0.3 is 4.98 Å². The lowest BCUT2D eigenvalue weighted by molar-refractivity contribution is 0.346. The maximum Gasteiger partial charge on any atom is 0.308 e. The third-order valence-electron chi connectivity index (χ3n) is 5.43. The summed E-state index contributed by atoms with van der Waals surface area (Å²) in [6.07, 6.45) is 3.80. The highest BCUT2D eigenvalue weighted by molar-refractivity contribution is 7.87. The molecule has 0 aliphatic heterocycles.